The Morgan fingerprint density at radius 3 is 0.833 bits per heavy atom. The molecule has 0 aliphatic rings. The summed E-state index contributed by atoms with van der Waals surface area (Å²) >= 11 is 0. The van der Waals surface area contributed by atoms with Crippen molar-refractivity contribution in [2.75, 3.05) is 0 Å². The minimum Gasteiger partial charge on any atom is -0.0654 e. The van der Waals surface area contributed by atoms with Crippen LogP contribution >= 0.6 is 0 Å². The fourth-order valence-corrected chi connectivity index (χ4v) is 5.86. The lowest BCUT2D eigenvalue weighted by molar-refractivity contribution is 0.401. The van der Waals surface area contributed by atoms with Crippen LogP contribution in [0.2, 0.25) is 0 Å². The maximum Gasteiger partial charge on any atom is -0.0443 e. The van der Waals surface area contributed by atoms with Crippen LogP contribution in [0.25, 0.3) is 0 Å². The molecule has 3 unspecified atom stereocenters. The van der Waals surface area contributed by atoms with Gasteiger partial charge in [0, 0.05) is 0 Å². The van der Waals surface area contributed by atoms with Crippen molar-refractivity contribution in [3.8, 4) is 0 Å². The Morgan fingerprint density at radius 2 is 0.528 bits per heavy atom. The molecule has 0 aliphatic carbocycles. The zero-order valence-corrected chi connectivity index (χ0v) is 26.5. The minimum absolute atomic E-state index is 0.934. The molecule has 0 saturated carbocycles. The van der Waals surface area contributed by atoms with Gasteiger partial charge in [0.05, 0.1) is 0 Å². The van der Waals surface area contributed by atoms with Gasteiger partial charge in [-0.2, -0.15) is 0 Å². The second-order valence-electron chi connectivity index (χ2n) is 13.1. The van der Waals surface area contributed by atoms with Gasteiger partial charge in [0.25, 0.3) is 0 Å². The van der Waals surface area contributed by atoms with Gasteiger partial charge >= 0.3 is 0 Å². The standard InChI is InChI=1S/C36H74/c1-6-8-9-10-11-12-13-14-15-16-17-18-19-20-22-25-29-35(4)30-26-23-21-24-27-31-36(5)33-28-32-34(3)7-2/h34-36H,6-33H2,1-5H3. The molecule has 0 aromatic carbocycles. The molecule has 0 rings (SSSR count). The summed E-state index contributed by atoms with van der Waals surface area (Å²) in [4.78, 5) is 0. The zero-order chi connectivity index (χ0) is 26.5. The van der Waals surface area contributed by atoms with Crippen LogP contribution in [0.4, 0.5) is 0 Å². The lowest BCUT2D eigenvalue weighted by atomic mass is 9.93. The largest absolute Gasteiger partial charge is 0.0654 e. The molecule has 0 amide bonds. The van der Waals surface area contributed by atoms with Crippen LogP contribution in [0.3, 0.4) is 0 Å². The Labute approximate surface area is 232 Å². The van der Waals surface area contributed by atoms with Crippen molar-refractivity contribution < 1.29 is 0 Å². The van der Waals surface area contributed by atoms with Crippen LogP contribution in [0, 0.1) is 17.8 Å². The van der Waals surface area contributed by atoms with Crippen LogP contribution in [0.5, 0.6) is 0 Å². The van der Waals surface area contributed by atoms with Gasteiger partial charge in [0.1, 0.15) is 0 Å². The number of hydrogen-bond acceptors (Lipinski definition) is 0. The van der Waals surface area contributed by atoms with Gasteiger partial charge in [-0.25, -0.2) is 0 Å². The van der Waals surface area contributed by atoms with Gasteiger partial charge in [-0.1, -0.05) is 214 Å². The predicted molar refractivity (Wildman–Crippen MR) is 168 cm³/mol. The molecule has 0 N–H and O–H groups in total. The fourth-order valence-electron chi connectivity index (χ4n) is 5.86. The van der Waals surface area contributed by atoms with Crippen LogP contribution in [0.1, 0.15) is 214 Å². The molecule has 0 aromatic heterocycles. The van der Waals surface area contributed by atoms with Gasteiger partial charge in [-0.3, -0.25) is 0 Å². The van der Waals surface area contributed by atoms with E-state index in [4.69, 9.17) is 0 Å². The van der Waals surface area contributed by atoms with Crippen molar-refractivity contribution >= 4 is 0 Å². The Bertz CT molecular complexity index is 385. The summed E-state index contributed by atoms with van der Waals surface area (Å²) < 4.78 is 0. The van der Waals surface area contributed by atoms with Crippen molar-refractivity contribution in [3.63, 3.8) is 0 Å². The smallest absolute Gasteiger partial charge is 0.0443 e. The summed E-state index contributed by atoms with van der Waals surface area (Å²) in [5, 5.41) is 0. The molecule has 0 spiro atoms. The van der Waals surface area contributed by atoms with Crippen molar-refractivity contribution in [1.29, 1.82) is 0 Å². The minimum atomic E-state index is 0.934. The Balaban J connectivity index is 3.23. The lowest BCUT2D eigenvalue weighted by Gasteiger charge is -2.13. The summed E-state index contributed by atoms with van der Waals surface area (Å²) in [5.74, 6) is 2.85. The molecule has 0 heteroatoms. The second-order valence-corrected chi connectivity index (χ2v) is 13.1. The van der Waals surface area contributed by atoms with E-state index in [0.717, 1.165) is 17.8 Å². The summed E-state index contributed by atoms with van der Waals surface area (Å²) in [6, 6.07) is 0. The molecule has 0 aliphatic heterocycles. The lowest BCUT2D eigenvalue weighted by Crippen LogP contribution is -1.98. The summed E-state index contributed by atoms with van der Waals surface area (Å²) in [5.41, 5.74) is 0. The van der Waals surface area contributed by atoms with E-state index < -0.39 is 0 Å². The van der Waals surface area contributed by atoms with Crippen molar-refractivity contribution in [2.24, 2.45) is 17.8 Å². The van der Waals surface area contributed by atoms with Crippen LogP contribution < -0.4 is 0 Å². The van der Waals surface area contributed by atoms with Crippen LogP contribution in [-0.4, -0.2) is 0 Å². The molecule has 0 bridgehead atoms. The summed E-state index contributed by atoms with van der Waals surface area (Å²) in [6.45, 7) is 12.0. The molecule has 218 valence electrons. The van der Waals surface area contributed by atoms with E-state index in [9.17, 15) is 0 Å². The van der Waals surface area contributed by atoms with E-state index >= 15 is 0 Å². The van der Waals surface area contributed by atoms with E-state index in [-0.39, 0.29) is 0 Å². The molecule has 0 heterocycles. The molecule has 0 fully saturated rings. The molecule has 0 nitrogen and oxygen atoms in total. The highest BCUT2D eigenvalue weighted by molar-refractivity contribution is 4.59. The predicted octanol–water partition coefficient (Wildman–Crippen LogP) is 13.9. The van der Waals surface area contributed by atoms with Crippen LogP contribution in [0.15, 0.2) is 0 Å². The first-order valence-electron chi connectivity index (χ1n) is 17.6. The average molecular weight is 507 g/mol. The van der Waals surface area contributed by atoms with E-state index in [1.807, 2.05) is 0 Å². The van der Waals surface area contributed by atoms with E-state index in [0.29, 0.717) is 0 Å². The SMILES string of the molecule is CCCCCCCCCCCCCCCCCCC(C)CCCCCCCC(C)CCCC(C)CC. The highest BCUT2D eigenvalue weighted by Gasteiger charge is 2.05. The Hall–Kier alpha value is 0. The van der Waals surface area contributed by atoms with E-state index in [1.165, 1.54) is 180 Å². The first kappa shape index (κ1) is 36.0. The topological polar surface area (TPSA) is 0 Å². The van der Waals surface area contributed by atoms with Gasteiger partial charge < -0.3 is 0 Å². The molecule has 0 aromatic rings. The fraction of sp³-hybridized carbons (Fsp3) is 1.00. The normalized spacial score (nSPS) is 14.2. The summed E-state index contributed by atoms with van der Waals surface area (Å²) in [6.07, 6.45) is 41.1. The van der Waals surface area contributed by atoms with Gasteiger partial charge in [-0.15, -0.1) is 0 Å². The monoisotopic (exact) mass is 507 g/mol. The first-order valence-corrected chi connectivity index (χ1v) is 17.6. The molecule has 3 atom stereocenters. The molecule has 36 heavy (non-hydrogen) atoms. The Kier molecular flexibility index (Phi) is 29.6. The molecule has 0 radical (unpaired) electrons. The Morgan fingerprint density at radius 1 is 0.278 bits per heavy atom. The molecular weight excluding hydrogens is 432 g/mol. The molecular formula is C36H74. The third-order valence-electron chi connectivity index (χ3n) is 9.04. The third-order valence-corrected chi connectivity index (χ3v) is 9.04. The maximum absolute atomic E-state index is 2.51. The van der Waals surface area contributed by atoms with Crippen molar-refractivity contribution in [3.05, 3.63) is 0 Å². The highest BCUT2D eigenvalue weighted by atomic mass is 14.1. The third kappa shape index (κ3) is 28.6. The number of rotatable bonds is 30. The van der Waals surface area contributed by atoms with Gasteiger partial charge in [0.2, 0.25) is 0 Å². The van der Waals surface area contributed by atoms with Crippen molar-refractivity contribution in [1.82, 2.24) is 0 Å². The summed E-state index contributed by atoms with van der Waals surface area (Å²) in [7, 11) is 0. The zero-order valence-electron chi connectivity index (χ0n) is 26.5. The van der Waals surface area contributed by atoms with Crippen molar-refractivity contribution in [2.45, 2.75) is 214 Å². The van der Waals surface area contributed by atoms with Gasteiger partial charge in [0.15, 0.2) is 0 Å². The molecule has 0 saturated heterocycles. The first-order chi connectivity index (χ1) is 17.6. The average Bonchev–Trinajstić information content (AvgIpc) is 2.87. The second kappa shape index (κ2) is 29.6. The quantitative estimate of drug-likeness (QED) is 0.0849. The highest BCUT2D eigenvalue weighted by Crippen LogP contribution is 2.21. The maximum atomic E-state index is 2.51. The van der Waals surface area contributed by atoms with Gasteiger partial charge in [-0.05, 0) is 17.8 Å². The number of hydrogen-bond donors (Lipinski definition) is 0. The number of unbranched alkanes of at least 4 members (excludes halogenated alkanes) is 19. The van der Waals surface area contributed by atoms with Crippen LogP contribution in [-0.2, 0) is 0 Å². The van der Waals surface area contributed by atoms with E-state index in [1.54, 1.807) is 0 Å². The van der Waals surface area contributed by atoms with E-state index in [2.05, 4.69) is 34.6 Å².